The average Bonchev–Trinajstić information content (AvgIpc) is 2.85. The number of carbonyl (C=O) groups is 1. The first-order chi connectivity index (χ1) is 10.1. The minimum atomic E-state index is -3.62. The van der Waals surface area contributed by atoms with Crippen LogP contribution in [0.15, 0.2) is 0 Å². The van der Waals surface area contributed by atoms with Gasteiger partial charge >= 0.3 is 0 Å². The number of fused-ring (bicyclic) bond motifs is 1. The van der Waals surface area contributed by atoms with Gasteiger partial charge in [-0.3, -0.25) is 4.79 Å². The normalized spacial score (nSPS) is 39.3. The number of nitrogens with one attached hydrogen (secondary N) is 1. The van der Waals surface area contributed by atoms with Crippen LogP contribution >= 0.6 is 0 Å². The van der Waals surface area contributed by atoms with Gasteiger partial charge in [-0.25, -0.2) is 12.7 Å². The van der Waals surface area contributed by atoms with E-state index in [1.165, 1.54) is 0 Å². The maximum Gasteiger partial charge on any atom is 0.256 e. The van der Waals surface area contributed by atoms with E-state index in [2.05, 4.69) is 13.8 Å². The topological polar surface area (TPSA) is 86.7 Å². The first-order valence-corrected chi connectivity index (χ1v) is 9.65. The molecule has 2 bridgehead atoms. The van der Waals surface area contributed by atoms with Gasteiger partial charge < -0.3 is 5.21 Å². The average molecular weight is 331 g/mol. The molecule has 3 aliphatic rings. The summed E-state index contributed by atoms with van der Waals surface area (Å²) in [6.45, 7) is 7.88. The van der Waals surface area contributed by atoms with Crippen LogP contribution in [0.25, 0.3) is 0 Å². The van der Waals surface area contributed by atoms with E-state index in [4.69, 9.17) is 0 Å². The number of rotatable bonds is 3. The van der Waals surface area contributed by atoms with Crippen molar-refractivity contribution in [3.05, 3.63) is 0 Å². The molecule has 0 radical (unpaired) electrons. The first-order valence-electron chi connectivity index (χ1n) is 8.04. The Morgan fingerprint density at radius 2 is 2.00 bits per heavy atom. The summed E-state index contributed by atoms with van der Waals surface area (Å²) in [5, 5.41) is 9.28. The highest BCUT2D eigenvalue weighted by molar-refractivity contribution is 7.90. The zero-order valence-corrected chi connectivity index (χ0v) is 14.5. The number of amides is 1. The summed E-state index contributed by atoms with van der Waals surface area (Å²) in [4.78, 5) is 12.8. The third-order valence-corrected chi connectivity index (χ3v) is 8.61. The Labute approximate surface area is 132 Å². The molecule has 2 N–H and O–H groups in total. The molecule has 126 valence electrons. The van der Waals surface area contributed by atoms with Gasteiger partial charge in [0.15, 0.2) is 0 Å². The monoisotopic (exact) mass is 331 g/mol. The second kappa shape index (κ2) is 4.68. The zero-order chi connectivity index (χ0) is 16.5. The molecule has 1 aliphatic heterocycles. The maximum atomic E-state index is 12.8. The van der Waals surface area contributed by atoms with Gasteiger partial charge in [0.1, 0.15) is 6.04 Å². The molecule has 0 aromatic heterocycles. The molecule has 3 fully saturated rings. The van der Waals surface area contributed by atoms with Gasteiger partial charge in [0.2, 0.25) is 10.0 Å². The molecule has 4 atom stereocenters. The molecule has 1 spiro atoms. The molecule has 3 rings (SSSR count). The van der Waals surface area contributed by atoms with Crippen molar-refractivity contribution >= 4 is 15.9 Å². The van der Waals surface area contributed by atoms with Crippen LogP contribution in [0.4, 0.5) is 0 Å². The van der Waals surface area contributed by atoms with E-state index in [0.717, 1.165) is 23.6 Å². The van der Waals surface area contributed by atoms with Crippen LogP contribution in [0.2, 0.25) is 0 Å². The Hall–Kier alpha value is -0.660. The van der Waals surface area contributed by atoms with Crippen molar-refractivity contribution in [1.82, 2.24) is 9.79 Å². The molecular weight excluding hydrogens is 305 g/mol. The SMILES string of the molecule is CC(C)[C@H]([15NH]O)C(=O)N1[C@H]2C[C@@H]3CC[C@@]2(CS1(=O)=O)C3(C)C. The van der Waals surface area contributed by atoms with Crippen molar-refractivity contribution in [2.45, 2.75) is 59.0 Å². The fourth-order valence-corrected chi connectivity index (χ4v) is 7.77. The number of hydroxylamine groups is 1. The van der Waals surface area contributed by atoms with Crippen LogP contribution in [-0.2, 0) is 14.8 Å². The van der Waals surface area contributed by atoms with Gasteiger partial charge in [-0.1, -0.05) is 27.7 Å². The number of nitrogens with zero attached hydrogens (tertiary/aromatic N) is 1. The second-order valence-corrected chi connectivity index (χ2v) is 9.95. The quantitative estimate of drug-likeness (QED) is 0.602. The molecule has 1 amide bonds. The summed E-state index contributed by atoms with van der Waals surface area (Å²) < 4.78 is 26.6. The lowest BCUT2D eigenvalue weighted by atomic mass is 9.69. The number of hydrogen-bond donors (Lipinski definition) is 2. The summed E-state index contributed by atoms with van der Waals surface area (Å²) >= 11 is 0. The van der Waals surface area contributed by atoms with Crippen LogP contribution in [0.3, 0.4) is 0 Å². The molecule has 6 nitrogen and oxygen atoms in total. The van der Waals surface area contributed by atoms with Crippen molar-refractivity contribution in [2.75, 3.05) is 5.75 Å². The standard InChI is InChI=1S/C15H26N2O4S/c1-9(2)12(16-19)13(18)17-11-7-10-5-6-15(11,14(10,3)4)8-22(17,20)21/h9-12,16,19H,5-8H2,1-4H3/t10-,11-,12-,15-/m0/s1/i16+1. The highest BCUT2D eigenvalue weighted by Crippen LogP contribution is 2.70. The van der Waals surface area contributed by atoms with Crippen LogP contribution in [0.5, 0.6) is 0 Å². The van der Waals surface area contributed by atoms with Crippen molar-refractivity contribution in [3.63, 3.8) is 0 Å². The predicted molar refractivity (Wildman–Crippen MR) is 81.5 cm³/mol. The Balaban J connectivity index is 2.02. The highest BCUT2D eigenvalue weighted by atomic mass is 32.2. The van der Waals surface area contributed by atoms with Gasteiger partial charge in [0, 0.05) is 5.41 Å². The molecular formula is C15H26N2O4S. The van der Waals surface area contributed by atoms with E-state index >= 15 is 0 Å². The van der Waals surface area contributed by atoms with Crippen LogP contribution in [-0.4, -0.2) is 41.7 Å². The molecule has 0 unspecified atom stereocenters. The maximum absolute atomic E-state index is 12.8. The van der Waals surface area contributed by atoms with Gasteiger partial charge in [-0.05, 0) is 36.5 Å². The smallest absolute Gasteiger partial charge is 0.256 e. The van der Waals surface area contributed by atoms with Crippen molar-refractivity contribution in [2.24, 2.45) is 22.7 Å². The minimum Gasteiger partial charge on any atom is -0.316 e. The summed E-state index contributed by atoms with van der Waals surface area (Å²) in [5.41, 5.74) is 1.63. The summed E-state index contributed by atoms with van der Waals surface area (Å²) in [6, 6.07) is -1.12. The highest BCUT2D eigenvalue weighted by Gasteiger charge is 2.72. The Morgan fingerprint density at radius 3 is 2.50 bits per heavy atom. The summed E-state index contributed by atoms with van der Waals surface area (Å²) in [7, 11) is -3.62. The molecule has 0 aromatic rings. The molecule has 22 heavy (non-hydrogen) atoms. The van der Waals surface area contributed by atoms with E-state index in [9.17, 15) is 18.4 Å². The van der Waals surface area contributed by atoms with E-state index in [1.807, 2.05) is 5.48 Å². The van der Waals surface area contributed by atoms with Gasteiger partial charge in [0.05, 0.1) is 11.8 Å². The van der Waals surface area contributed by atoms with E-state index < -0.39 is 22.0 Å². The lowest BCUT2D eigenvalue weighted by Gasteiger charge is -2.37. The summed E-state index contributed by atoms with van der Waals surface area (Å²) in [5.74, 6) is -0.155. The van der Waals surface area contributed by atoms with Crippen LogP contribution in [0.1, 0.15) is 47.0 Å². The Kier molecular flexibility index (Phi) is 3.44. The van der Waals surface area contributed by atoms with E-state index in [1.54, 1.807) is 13.8 Å². The molecule has 2 saturated carbocycles. The van der Waals surface area contributed by atoms with Crippen LogP contribution in [0, 0.1) is 22.7 Å². The van der Waals surface area contributed by atoms with Gasteiger partial charge in [0.25, 0.3) is 5.91 Å². The molecule has 7 heteroatoms. The predicted octanol–water partition coefficient (Wildman–Crippen LogP) is 1.36. The van der Waals surface area contributed by atoms with Crippen molar-refractivity contribution in [1.29, 1.82) is 0 Å². The minimum absolute atomic E-state index is 0.0558. The molecule has 2 aliphatic carbocycles. The first kappa shape index (κ1) is 16.2. The number of carbonyl (C=O) groups excluding carboxylic acids is 1. The largest absolute Gasteiger partial charge is 0.316 e. The van der Waals surface area contributed by atoms with E-state index in [0.29, 0.717) is 5.92 Å². The third-order valence-electron chi connectivity index (χ3n) is 6.70. The van der Waals surface area contributed by atoms with Crippen molar-refractivity contribution < 1.29 is 18.4 Å². The van der Waals surface area contributed by atoms with E-state index in [-0.39, 0.29) is 28.5 Å². The fraction of sp³-hybridized carbons (Fsp3) is 0.933. The Morgan fingerprint density at radius 1 is 1.36 bits per heavy atom. The van der Waals surface area contributed by atoms with Gasteiger partial charge in [-0.15, -0.1) is 0 Å². The lowest BCUT2D eigenvalue weighted by Crippen LogP contribution is -2.52. The second-order valence-electron chi connectivity index (χ2n) is 8.11. The summed E-state index contributed by atoms with van der Waals surface area (Å²) in [6.07, 6.45) is 2.68. The molecule has 1 saturated heterocycles. The van der Waals surface area contributed by atoms with Crippen LogP contribution < -0.4 is 5.48 Å². The number of sulfonamides is 1. The zero-order valence-electron chi connectivity index (χ0n) is 13.7. The lowest BCUT2D eigenvalue weighted by molar-refractivity contribution is -0.135. The molecule has 0 aromatic carbocycles. The molecule has 1 heterocycles. The van der Waals surface area contributed by atoms with Gasteiger partial charge in [-0.2, -0.15) is 5.48 Å². The number of hydrogen-bond acceptors (Lipinski definition) is 5. The fourth-order valence-electron chi connectivity index (χ4n) is 5.21. The van der Waals surface area contributed by atoms with Crippen molar-refractivity contribution in [3.8, 4) is 0 Å². The Bertz CT molecular complexity index is 601. The third kappa shape index (κ3) is 1.79.